The van der Waals surface area contributed by atoms with Crippen LogP contribution in [0.4, 0.5) is 17.3 Å². The quantitative estimate of drug-likeness (QED) is 0.125. The molecule has 0 aliphatic rings. The van der Waals surface area contributed by atoms with Gasteiger partial charge in [-0.15, -0.1) is 0 Å². The minimum atomic E-state index is -0.762. The Balaban J connectivity index is 1.56. The molecule has 2 aromatic carbocycles. The van der Waals surface area contributed by atoms with Crippen molar-refractivity contribution in [3.05, 3.63) is 87.2 Å². The molecule has 0 fully saturated rings. The van der Waals surface area contributed by atoms with Gasteiger partial charge in [-0.3, -0.25) is 34.5 Å². The highest BCUT2D eigenvalue weighted by molar-refractivity contribution is 6.03. The maximum atomic E-state index is 13.1. The Labute approximate surface area is 227 Å². The van der Waals surface area contributed by atoms with Gasteiger partial charge in [-0.25, -0.2) is 4.98 Å². The van der Waals surface area contributed by atoms with E-state index in [0.29, 0.717) is 29.0 Å². The van der Waals surface area contributed by atoms with E-state index < -0.39 is 22.6 Å². The van der Waals surface area contributed by atoms with Gasteiger partial charge in [0, 0.05) is 36.8 Å². The van der Waals surface area contributed by atoms with Gasteiger partial charge in [-0.1, -0.05) is 12.2 Å². The second-order valence-electron chi connectivity index (χ2n) is 8.76. The lowest BCUT2D eigenvalue weighted by atomic mass is 10.1. The average molecular weight is 546 g/mol. The Kier molecular flexibility index (Phi) is 7.89. The van der Waals surface area contributed by atoms with Gasteiger partial charge in [0.1, 0.15) is 11.4 Å². The van der Waals surface area contributed by atoms with Crippen molar-refractivity contribution < 1.29 is 19.3 Å². The fourth-order valence-electron chi connectivity index (χ4n) is 4.12. The molecule has 3 amide bonds. The normalized spacial score (nSPS) is 11.2. The number of imidazole rings is 1. The van der Waals surface area contributed by atoms with Crippen molar-refractivity contribution in [2.24, 2.45) is 11.5 Å². The number of amides is 3. The molecule has 0 saturated carbocycles. The third-order valence-corrected chi connectivity index (χ3v) is 6.04. The number of carbonyl (C=O) groups excluding carboxylic acids is 3. The third kappa shape index (κ3) is 5.80. The first kappa shape index (κ1) is 27.5. The predicted molar refractivity (Wildman–Crippen MR) is 148 cm³/mol. The summed E-state index contributed by atoms with van der Waals surface area (Å²) in [5, 5.41) is 21.5. The van der Waals surface area contributed by atoms with E-state index >= 15 is 0 Å². The van der Waals surface area contributed by atoms with E-state index in [1.807, 2.05) is 6.92 Å². The van der Waals surface area contributed by atoms with Crippen LogP contribution in [0.15, 0.2) is 54.6 Å². The average Bonchev–Trinajstić information content (AvgIpc) is 3.47. The molecule has 0 unspecified atom stereocenters. The van der Waals surface area contributed by atoms with Gasteiger partial charge in [0.2, 0.25) is 17.8 Å². The molecule has 206 valence electrons. The lowest BCUT2D eigenvalue weighted by molar-refractivity contribution is -0.384. The maximum Gasteiger partial charge on any atom is 0.293 e. The zero-order valence-corrected chi connectivity index (χ0v) is 21.7. The summed E-state index contributed by atoms with van der Waals surface area (Å²) < 4.78 is 3.34. The zero-order valence-electron chi connectivity index (χ0n) is 21.7. The second kappa shape index (κ2) is 11.5. The minimum Gasteiger partial charge on any atom is -0.376 e. The van der Waals surface area contributed by atoms with E-state index in [1.54, 1.807) is 52.6 Å². The molecule has 2 aromatic heterocycles. The number of hydrogen-bond donors (Lipinski definition) is 4. The molecule has 4 rings (SSSR count). The SMILES string of the molecule is CCn1nc(C)cc1C(=O)Nc1nc2cc(C(N)=O)ccc2n1C/C=C/CNc1ccc(C(N)=O)cc1[N+](=O)[O-]. The van der Waals surface area contributed by atoms with Crippen molar-refractivity contribution >= 4 is 46.1 Å². The number of allylic oxidation sites excluding steroid dienone is 1. The molecule has 0 aliphatic heterocycles. The van der Waals surface area contributed by atoms with Gasteiger partial charge >= 0.3 is 0 Å². The van der Waals surface area contributed by atoms with E-state index in [2.05, 4.69) is 20.7 Å². The second-order valence-corrected chi connectivity index (χ2v) is 8.76. The van der Waals surface area contributed by atoms with Gasteiger partial charge in [0.05, 0.1) is 21.7 Å². The Hall–Kier alpha value is -5.53. The van der Waals surface area contributed by atoms with E-state index in [4.69, 9.17) is 11.5 Å². The molecular weight excluding hydrogens is 518 g/mol. The number of benzene rings is 2. The summed E-state index contributed by atoms with van der Waals surface area (Å²) in [5.41, 5.74) is 13.1. The highest BCUT2D eigenvalue weighted by Crippen LogP contribution is 2.26. The van der Waals surface area contributed by atoms with Crippen LogP contribution in [0.3, 0.4) is 0 Å². The van der Waals surface area contributed by atoms with Crippen molar-refractivity contribution in [3.63, 3.8) is 0 Å². The highest BCUT2D eigenvalue weighted by Gasteiger charge is 2.19. The number of fused-ring (bicyclic) bond motifs is 1. The van der Waals surface area contributed by atoms with Crippen LogP contribution in [0.5, 0.6) is 0 Å². The Morgan fingerprint density at radius 3 is 2.42 bits per heavy atom. The largest absolute Gasteiger partial charge is 0.376 e. The number of nitro benzene ring substituents is 1. The van der Waals surface area contributed by atoms with Crippen LogP contribution in [0.2, 0.25) is 0 Å². The molecule has 0 bridgehead atoms. The lowest BCUT2D eigenvalue weighted by Crippen LogP contribution is -2.19. The molecule has 0 aliphatic carbocycles. The highest BCUT2D eigenvalue weighted by atomic mass is 16.6. The molecule has 6 N–H and O–H groups in total. The number of anilines is 2. The van der Waals surface area contributed by atoms with Crippen LogP contribution in [0, 0.1) is 17.0 Å². The third-order valence-electron chi connectivity index (χ3n) is 6.04. The molecule has 0 radical (unpaired) electrons. The molecule has 0 saturated heterocycles. The first-order valence-electron chi connectivity index (χ1n) is 12.2. The number of nitrogens with zero attached hydrogens (tertiary/aromatic N) is 5. The smallest absolute Gasteiger partial charge is 0.293 e. The van der Waals surface area contributed by atoms with Crippen LogP contribution >= 0.6 is 0 Å². The molecule has 40 heavy (non-hydrogen) atoms. The van der Waals surface area contributed by atoms with Gasteiger partial charge < -0.3 is 21.4 Å². The monoisotopic (exact) mass is 545 g/mol. The fourth-order valence-corrected chi connectivity index (χ4v) is 4.12. The van der Waals surface area contributed by atoms with Gasteiger partial charge in [0.15, 0.2) is 0 Å². The van der Waals surface area contributed by atoms with Crippen molar-refractivity contribution in [2.75, 3.05) is 17.2 Å². The number of nitrogens with two attached hydrogens (primary N) is 2. The summed E-state index contributed by atoms with van der Waals surface area (Å²) in [6.07, 6.45) is 3.53. The van der Waals surface area contributed by atoms with Gasteiger partial charge in [0.25, 0.3) is 11.6 Å². The standard InChI is InChI=1S/C26H27N9O5/c1-3-34-22(12-15(2)32-34)25(38)31-26-30-19-13-16(23(27)36)7-9-20(19)33(26)11-5-4-10-29-18-8-6-17(24(28)37)14-21(18)35(39)40/h4-9,12-14,29H,3,10-11H2,1-2H3,(H2,27,36)(H2,28,37)(H,30,31,38)/b5-4+. The molecule has 14 heteroatoms. The molecule has 4 aromatic rings. The number of rotatable bonds is 11. The maximum absolute atomic E-state index is 13.1. The molecule has 0 spiro atoms. The molecule has 14 nitrogen and oxygen atoms in total. The van der Waals surface area contributed by atoms with E-state index in [-0.39, 0.29) is 41.5 Å². The molecule has 2 heterocycles. The van der Waals surface area contributed by atoms with Crippen LogP contribution < -0.4 is 22.1 Å². The van der Waals surface area contributed by atoms with Crippen LogP contribution in [-0.4, -0.2) is 48.5 Å². The Morgan fingerprint density at radius 1 is 1.05 bits per heavy atom. The van der Waals surface area contributed by atoms with Crippen molar-refractivity contribution in [1.29, 1.82) is 0 Å². The Morgan fingerprint density at radius 2 is 1.75 bits per heavy atom. The summed E-state index contributed by atoms with van der Waals surface area (Å²) in [4.78, 5) is 51.5. The fraction of sp³-hybridized carbons (Fsp3) is 0.192. The molecular formula is C26H27N9O5. The zero-order chi connectivity index (χ0) is 29.0. The number of nitro groups is 1. The number of aromatic nitrogens is 4. The van der Waals surface area contributed by atoms with Crippen molar-refractivity contribution in [3.8, 4) is 0 Å². The van der Waals surface area contributed by atoms with Gasteiger partial charge in [-0.2, -0.15) is 5.10 Å². The summed E-state index contributed by atoms with van der Waals surface area (Å²) >= 11 is 0. The summed E-state index contributed by atoms with van der Waals surface area (Å²) in [6, 6.07) is 10.4. The van der Waals surface area contributed by atoms with Crippen LogP contribution in [-0.2, 0) is 13.1 Å². The predicted octanol–water partition coefficient (Wildman–Crippen LogP) is 2.59. The van der Waals surface area contributed by atoms with E-state index in [0.717, 1.165) is 6.07 Å². The Bertz CT molecular complexity index is 1670. The number of carbonyl (C=O) groups is 3. The minimum absolute atomic E-state index is 0.0333. The number of aryl methyl sites for hydroxylation is 2. The van der Waals surface area contributed by atoms with E-state index in [9.17, 15) is 24.5 Å². The first-order valence-corrected chi connectivity index (χ1v) is 12.2. The number of hydrogen-bond acceptors (Lipinski definition) is 8. The van der Waals surface area contributed by atoms with Crippen LogP contribution in [0.1, 0.15) is 43.8 Å². The summed E-state index contributed by atoms with van der Waals surface area (Å²) in [5.74, 6) is -1.51. The van der Waals surface area contributed by atoms with Crippen LogP contribution in [0.25, 0.3) is 11.0 Å². The summed E-state index contributed by atoms with van der Waals surface area (Å²) in [7, 11) is 0. The summed E-state index contributed by atoms with van der Waals surface area (Å²) in [6.45, 7) is 4.69. The van der Waals surface area contributed by atoms with Gasteiger partial charge in [-0.05, 0) is 50.2 Å². The first-order chi connectivity index (χ1) is 19.1. The topological polar surface area (TPSA) is 206 Å². The number of nitrogens with one attached hydrogen (secondary N) is 2. The lowest BCUT2D eigenvalue weighted by Gasteiger charge is -2.09. The van der Waals surface area contributed by atoms with Crippen molar-refractivity contribution in [1.82, 2.24) is 19.3 Å². The molecule has 0 atom stereocenters. The van der Waals surface area contributed by atoms with Crippen molar-refractivity contribution in [2.45, 2.75) is 26.9 Å². The number of primary amides is 2. The van der Waals surface area contributed by atoms with E-state index in [1.165, 1.54) is 12.1 Å².